The molecule has 1 N–H and O–H groups in total. The minimum atomic E-state index is -0.683. The molecule has 1 aromatic heterocycles. The van der Waals surface area contributed by atoms with Crippen LogP contribution in [0.15, 0.2) is 29.7 Å². The third-order valence-electron chi connectivity index (χ3n) is 1.57. The minimum absolute atomic E-state index is 0.320. The van der Waals surface area contributed by atoms with Crippen LogP contribution in [0.4, 0.5) is 5.69 Å². The van der Waals surface area contributed by atoms with Gasteiger partial charge in [-0.05, 0) is 12.5 Å². The Morgan fingerprint density at radius 1 is 1.69 bits per heavy atom. The first-order valence-corrected chi connectivity index (χ1v) is 3.62. The molecule has 13 heavy (non-hydrogen) atoms. The third-order valence-corrected chi connectivity index (χ3v) is 1.57. The molecule has 0 aliphatic rings. The first-order valence-electron chi connectivity index (χ1n) is 3.62. The maximum atomic E-state index is 11.0. The fourth-order valence-electron chi connectivity index (χ4n) is 1.03. The molecule has 0 aliphatic carbocycles. The van der Waals surface area contributed by atoms with Crippen molar-refractivity contribution in [1.82, 2.24) is 4.98 Å². The van der Waals surface area contributed by atoms with E-state index < -0.39 is 16.2 Å². The van der Waals surface area contributed by atoms with Gasteiger partial charge in [0, 0.05) is 11.8 Å². The van der Waals surface area contributed by atoms with Crippen molar-refractivity contribution in [1.29, 1.82) is 0 Å². The molecule has 0 saturated heterocycles. The first kappa shape index (κ1) is 9.18. The van der Waals surface area contributed by atoms with Crippen LogP contribution in [0, 0.1) is 10.1 Å². The predicted octanol–water partition coefficient (Wildman–Crippen LogP) is 1.01. The first-order chi connectivity index (χ1) is 6.16. The average molecular weight is 180 g/mol. The van der Waals surface area contributed by atoms with Gasteiger partial charge in [-0.2, -0.15) is 0 Å². The zero-order valence-electron chi connectivity index (χ0n) is 6.82. The summed E-state index contributed by atoms with van der Waals surface area (Å²) in [6.07, 6.45) is 3.22. The summed E-state index contributed by atoms with van der Waals surface area (Å²) in [5, 5.41) is 10.5. The van der Waals surface area contributed by atoms with Gasteiger partial charge < -0.3 is 4.98 Å². The van der Waals surface area contributed by atoms with Gasteiger partial charge in [0.25, 0.3) is 0 Å². The fourth-order valence-corrected chi connectivity index (χ4v) is 1.03. The standard InChI is InChI=1S/C8H8N2O3/c1-2-3-6-4-5-9-8(11)7(6)10(12)13/h2,4-5H,1,3H2,(H,9,11). The molecule has 1 heterocycles. The second-order valence-corrected chi connectivity index (χ2v) is 2.43. The quantitative estimate of drug-likeness (QED) is 0.428. The van der Waals surface area contributed by atoms with Gasteiger partial charge in [0.05, 0.1) is 4.92 Å². The van der Waals surface area contributed by atoms with Gasteiger partial charge in [-0.3, -0.25) is 14.9 Å². The van der Waals surface area contributed by atoms with E-state index in [1.165, 1.54) is 18.3 Å². The Bertz CT molecular complexity index is 395. The van der Waals surface area contributed by atoms with Gasteiger partial charge >= 0.3 is 11.2 Å². The lowest BCUT2D eigenvalue weighted by atomic mass is 10.1. The second-order valence-electron chi connectivity index (χ2n) is 2.43. The van der Waals surface area contributed by atoms with Crippen LogP contribution in [0.1, 0.15) is 5.56 Å². The van der Waals surface area contributed by atoms with Crippen LogP contribution >= 0.6 is 0 Å². The van der Waals surface area contributed by atoms with Crippen molar-refractivity contribution >= 4 is 5.69 Å². The SMILES string of the molecule is C=CCc1cc[nH]c(=O)c1[N+](=O)[O-]. The van der Waals surface area contributed by atoms with Crippen LogP contribution in [0.25, 0.3) is 0 Å². The number of rotatable bonds is 3. The zero-order chi connectivity index (χ0) is 9.84. The molecule has 68 valence electrons. The summed E-state index contributed by atoms with van der Waals surface area (Å²) in [5.41, 5.74) is -0.699. The highest BCUT2D eigenvalue weighted by Crippen LogP contribution is 2.11. The molecule has 5 heteroatoms. The summed E-state index contributed by atoms with van der Waals surface area (Å²) in [7, 11) is 0. The summed E-state index contributed by atoms with van der Waals surface area (Å²) in [6.45, 7) is 3.45. The minimum Gasteiger partial charge on any atom is -0.323 e. The molecule has 5 nitrogen and oxygen atoms in total. The molecule has 0 aliphatic heterocycles. The molecule has 0 amide bonds. The monoisotopic (exact) mass is 180 g/mol. The Morgan fingerprint density at radius 3 is 2.92 bits per heavy atom. The Hall–Kier alpha value is -1.91. The second kappa shape index (κ2) is 3.66. The van der Waals surface area contributed by atoms with Gasteiger partial charge in [-0.1, -0.05) is 6.08 Å². The van der Waals surface area contributed by atoms with Crippen molar-refractivity contribution in [3.8, 4) is 0 Å². The maximum absolute atomic E-state index is 11.0. The third kappa shape index (κ3) is 1.81. The number of hydrogen-bond donors (Lipinski definition) is 1. The molecular weight excluding hydrogens is 172 g/mol. The number of H-pyrrole nitrogens is 1. The van der Waals surface area contributed by atoms with Crippen LogP contribution in [0.2, 0.25) is 0 Å². The maximum Gasteiger partial charge on any atom is 0.337 e. The lowest BCUT2D eigenvalue weighted by Crippen LogP contribution is -2.13. The van der Waals surface area contributed by atoms with Crippen molar-refractivity contribution in [2.45, 2.75) is 6.42 Å². The highest BCUT2D eigenvalue weighted by atomic mass is 16.6. The summed E-state index contributed by atoms with van der Waals surface area (Å²) in [5.74, 6) is 0. The zero-order valence-corrected chi connectivity index (χ0v) is 6.82. The summed E-state index contributed by atoms with van der Waals surface area (Å²) >= 11 is 0. The van der Waals surface area contributed by atoms with Gasteiger partial charge in [0.2, 0.25) is 0 Å². The molecule has 0 saturated carbocycles. The van der Waals surface area contributed by atoms with Crippen LogP contribution in [0.5, 0.6) is 0 Å². The number of aromatic nitrogens is 1. The molecule has 0 radical (unpaired) electrons. The highest BCUT2D eigenvalue weighted by molar-refractivity contribution is 5.37. The number of hydrogen-bond acceptors (Lipinski definition) is 3. The number of nitrogens with one attached hydrogen (secondary N) is 1. The molecule has 0 fully saturated rings. The largest absolute Gasteiger partial charge is 0.337 e. The van der Waals surface area contributed by atoms with Gasteiger partial charge in [-0.25, -0.2) is 0 Å². The van der Waals surface area contributed by atoms with E-state index in [0.717, 1.165) is 0 Å². The summed E-state index contributed by atoms with van der Waals surface area (Å²) in [4.78, 5) is 23.1. The van der Waals surface area contributed by atoms with E-state index >= 15 is 0 Å². The van der Waals surface area contributed by atoms with Crippen molar-refractivity contribution in [3.05, 3.63) is 50.9 Å². The Morgan fingerprint density at radius 2 is 2.38 bits per heavy atom. The van der Waals surface area contributed by atoms with E-state index in [9.17, 15) is 14.9 Å². The molecule has 1 aromatic rings. The fraction of sp³-hybridized carbons (Fsp3) is 0.125. The molecule has 0 bridgehead atoms. The van der Waals surface area contributed by atoms with E-state index in [1.54, 1.807) is 0 Å². The predicted molar refractivity (Wildman–Crippen MR) is 47.6 cm³/mol. The van der Waals surface area contributed by atoms with Crippen molar-refractivity contribution in [2.24, 2.45) is 0 Å². The molecule has 0 spiro atoms. The number of aromatic amines is 1. The van der Waals surface area contributed by atoms with Crippen molar-refractivity contribution in [3.63, 3.8) is 0 Å². The molecule has 0 aromatic carbocycles. The lowest BCUT2D eigenvalue weighted by molar-refractivity contribution is -0.387. The molecule has 0 atom stereocenters. The lowest BCUT2D eigenvalue weighted by Gasteiger charge is -1.96. The summed E-state index contributed by atoms with van der Waals surface area (Å²) < 4.78 is 0. The smallest absolute Gasteiger partial charge is 0.323 e. The Labute approximate surface area is 73.9 Å². The molecule has 0 unspecified atom stereocenters. The topological polar surface area (TPSA) is 76.0 Å². The normalized spacial score (nSPS) is 9.54. The van der Waals surface area contributed by atoms with Crippen LogP contribution in [0.3, 0.4) is 0 Å². The van der Waals surface area contributed by atoms with Crippen LogP contribution in [-0.2, 0) is 6.42 Å². The van der Waals surface area contributed by atoms with Crippen LogP contribution in [-0.4, -0.2) is 9.91 Å². The van der Waals surface area contributed by atoms with Gasteiger partial charge in [-0.15, -0.1) is 6.58 Å². The van der Waals surface area contributed by atoms with E-state index in [1.807, 2.05) is 0 Å². The van der Waals surface area contributed by atoms with E-state index in [2.05, 4.69) is 11.6 Å². The molecular formula is C8H8N2O3. The van der Waals surface area contributed by atoms with Gasteiger partial charge in [0.15, 0.2) is 0 Å². The van der Waals surface area contributed by atoms with Gasteiger partial charge in [0.1, 0.15) is 0 Å². The number of nitro groups is 1. The van der Waals surface area contributed by atoms with Crippen molar-refractivity contribution in [2.75, 3.05) is 0 Å². The number of allylic oxidation sites excluding steroid dienone is 1. The highest BCUT2D eigenvalue weighted by Gasteiger charge is 2.16. The van der Waals surface area contributed by atoms with E-state index in [0.29, 0.717) is 12.0 Å². The van der Waals surface area contributed by atoms with Crippen molar-refractivity contribution < 1.29 is 4.92 Å². The number of nitrogens with zero attached hydrogens (tertiary/aromatic N) is 1. The Balaban J connectivity index is 3.33. The van der Waals surface area contributed by atoms with E-state index in [-0.39, 0.29) is 0 Å². The summed E-state index contributed by atoms with van der Waals surface area (Å²) in [6, 6.07) is 1.50. The van der Waals surface area contributed by atoms with E-state index in [4.69, 9.17) is 0 Å². The number of pyridine rings is 1. The average Bonchev–Trinajstić information content (AvgIpc) is 2.04. The van der Waals surface area contributed by atoms with Crippen LogP contribution < -0.4 is 5.56 Å². The molecule has 1 rings (SSSR count). The Kier molecular flexibility index (Phi) is 2.59.